The molecule has 0 saturated heterocycles. The van der Waals surface area contributed by atoms with E-state index in [-0.39, 0.29) is 35.2 Å². The average Bonchev–Trinajstić information content (AvgIpc) is 2.88. The molecule has 1 amide bonds. The first kappa shape index (κ1) is 15.1. The number of hydrogen-bond acceptors (Lipinski definition) is 4. The zero-order valence-corrected chi connectivity index (χ0v) is 12.4. The van der Waals surface area contributed by atoms with Gasteiger partial charge in [0.25, 0.3) is 0 Å². The van der Waals surface area contributed by atoms with Gasteiger partial charge in [-0.05, 0) is 13.0 Å². The Morgan fingerprint density at radius 3 is 2.65 bits per heavy atom. The molecule has 3 rings (SSSR count). The van der Waals surface area contributed by atoms with Gasteiger partial charge in [-0.2, -0.15) is 0 Å². The van der Waals surface area contributed by atoms with E-state index >= 15 is 0 Å². The SMILES string of the molecule is CCOC(=O)c1cn2c3c(c(F)c(F)cc3c1=O)CN2C(C)=O. The third kappa shape index (κ3) is 2.09. The predicted molar refractivity (Wildman–Crippen MR) is 76.7 cm³/mol. The fraction of sp³-hybridized carbons (Fsp3) is 0.267. The molecule has 2 aromatic rings. The van der Waals surface area contributed by atoms with Crippen molar-refractivity contribution >= 4 is 22.8 Å². The van der Waals surface area contributed by atoms with Crippen molar-refractivity contribution in [3.8, 4) is 0 Å². The van der Waals surface area contributed by atoms with Crippen LogP contribution in [0.2, 0.25) is 0 Å². The summed E-state index contributed by atoms with van der Waals surface area (Å²) in [7, 11) is 0. The first-order valence-electron chi connectivity index (χ1n) is 6.88. The van der Waals surface area contributed by atoms with Crippen LogP contribution in [0.5, 0.6) is 0 Å². The molecule has 0 bridgehead atoms. The zero-order valence-electron chi connectivity index (χ0n) is 12.4. The number of halogens is 2. The van der Waals surface area contributed by atoms with Crippen molar-refractivity contribution in [1.82, 2.24) is 4.68 Å². The molecule has 23 heavy (non-hydrogen) atoms. The van der Waals surface area contributed by atoms with Crippen LogP contribution in [0.4, 0.5) is 8.78 Å². The number of esters is 1. The third-order valence-corrected chi connectivity index (χ3v) is 3.68. The smallest absolute Gasteiger partial charge is 0.343 e. The van der Waals surface area contributed by atoms with Crippen molar-refractivity contribution < 1.29 is 23.1 Å². The summed E-state index contributed by atoms with van der Waals surface area (Å²) >= 11 is 0. The number of carbonyl (C=O) groups excluding carboxylic acids is 2. The molecule has 6 nitrogen and oxygen atoms in total. The van der Waals surface area contributed by atoms with Gasteiger partial charge >= 0.3 is 5.97 Å². The van der Waals surface area contributed by atoms with Crippen molar-refractivity contribution in [3.05, 3.63) is 45.2 Å². The topological polar surface area (TPSA) is 68.6 Å². The summed E-state index contributed by atoms with van der Waals surface area (Å²) in [4.78, 5) is 36.1. The largest absolute Gasteiger partial charge is 0.462 e. The molecule has 0 atom stereocenters. The van der Waals surface area contributed by atoms with Crippen LogP contribution in [0.25, 0.3) is 10.9 Å². The molecule has 1 aliphatic heterocycles. The van der Waals surface area contributed by atoms with Gasteiger partial charge in [0.15, 0.2) is 11.6 Å². The van der Waals surface area contributed by atoms with Gasteiger partial charge in [0.1, 0.15) is 5.56 Å². The predicted octanol–water partition coefficient (Wildman–Crippen LogP) is 1.45. The normalized spacial score (nSPS) is 12.8. The number of rotatable bonds is 2. The van der Waals surface area contributed by atoms with Gasteiger partial charge in [0.2, 0.25) is 11.3 Å². The molecule has 0 N–H and O–H groups in total. The van der Waals surface area contributed by atoms with E-state index in [1.165, 1.54) is 11.6 Å². The number of aromatic nitrogens is 1. The Morgan fingerprint density at radius 2 is 2.04 bits per heavy atom. The van der Waals surface area contributed by atoms with E-state index in [4.69, 9.17) is 4.74 Å². The number of nitrogens with zero attached hydrogens (tertiary/aromatic N) is 2. The van der Waals surface area contributed by atoms with Crippen LogP contribution in [-0.4, -0.2) is 23.2 Å². The van der Waals surface area contributed by atoms with Crippen molar-refractivity contribution in [2.75, 3.05) is 11.6 Å². The molecular formula is C15H12F2N2O4. The van der Waals surface area contributed by atoms with Gasteiger partial charge < -0.3 is 4.74 Å². The molecule has 1 aromatic carbocycles. The Bertz CT molecular complexity index is 920. The summed E-state index contributed by atoms with van der Waals surface area (Å²) in [5, 5.41) is 0.940. The molecule has 0 fully saturated rings. The highest BCUT2D eigenvalue weighted by Crippen LogP contribution is 2.29. The van der Waals surface area contributed by atoms with Gasteiger partial charge in [-0.1, -0.05) is 0 Å². The van der Waals surface area contributed by atoms with E-state index < -0.39 is 28.9 Å². The second-order valence-electron chi connectivity index (χ2n) is 5.06. The lowest BCUT2D eigenvalue weighted by Gasteiger charge is -2.18. The summed E-state index contributed by atoms with van der Waals surface area (Å²) in [6, 6.07) is 0.735. The van der Waals surface area contributed by atoms with Crippen LogP contribution in [-0.2, 0) is 16.1 Å². The number of benzene rings is 1. The number of amides is 1. The molecule has 1 aliphatic rings. The van der Waals surface area contributed by atoms with Gasteiger partial charge in [-0.3, -0.25) is 14.3 Å². The van der Waals surface area contributed by atoms with Crippen LogP contribution >= 0.6 is 0 Å². The maximum Gasteiger partial charge on any atom is 0.343 e. The minimum Gasteiger partial charge on any atom is -0.462 e. The van der Waals surface area contributed by atoms with Gasteiger partial charge in [-0.15, -0.1) is 0 Å². The minimum absolute atomic E-state index is 0.0514. The second kappa shape index (κ2) is 5.15. The molecule has 8 heteroatoms. The zero-order chi connectivity index (χ0) is 16.9. The summed E-state index contributed by atoms with van der Waals surface area (Å²) in [5.74, 6) is -3.65. The molecule has 120 valence electrons. The first-order chi connectivity index (χ1) is 10.9. The minimum atomic E-state index is -1.21. The van der Waals surface area contributed by atoms with Gasteiger partial charge in [0, 0.05) is 18.7 Å². The van der Waals surface area contributed by atoms with E-state index in [0.29, 0.717) is 0 Å². The summed E-state index contributed by atoms with van der Waals surface area (Å²) in [6.45, 7) is 2.65. The summed E-state index contributed by atoms with van der Waals surface area (Å²) < 4.78 is 33.8. The Hall–Kier alpha value is -2.77. The first-order valence-corrected chi connectivity index (χ1v) is 6.88. The average molecular weight is 322 g/mol. The standard InChI is InChI=1S/C15H12F2N2O4/c1-3-23-15(22)10-6-19-13-8(14(10)21)4-11(16)12(17)9(13)5-18(19)7(2)20/h4,6H,3,5H2,1-2H3. The van der Waals surface area contributed by atoms with Crippen molar-refractivity contribution in [2.45, 2.75) is 20.4 Å². The van der Waals surface area contributed by atoms with Crippen LogP contribution < -0.4 is 10.4 Å². The quantitative estimate of drug-likeness (QED) is 0.785. The number of carbonyl (C=O) groups is 2. The fourth-order valence-electron chi connectivity index (χ4n) is 2.67. The second-order valence-corrected chi connectivity index (χ2v) is 5.06. The fourth-order valence-corrected chi connectivity index (χ4v) is 2.67. The highest BCUT2D eigenvalue weighted by Gasteiger charge is 2.31. The molecule has 1 aromatic heterocycles. The van der Waals surface area contributed by atoms with Gasteiger partial charge in [-0.25, -0.2) is 18.6 Å². The molecule has 0 saturated carbocycles. The Labute approximate surface area is 128 Å². The van der Waals surface area contributed by atoms with Crippen LogP contribution in [0, 0.1) is 11.6 Å². The maximum absolute atomic E-state index is 14.0. The molecule has 0 spiro atoms. The van der Waals surface area contributed by atoms with Crippen molar-refractivity contribution in [3.63, 3.8) is 0 Å². The van der Waals surface area contributed by atoms with E-state index in [1.807, 2.05) is 0 Å². The maximum atomic E-state index is 14.0. The monoisotopic (exact) mass is 322 g/mol. The van der Waals surface area contributed by atoms with Crippen LogP contribution in [0.15, 0.2) is 17.1 Å². The highest BCUT2D eigenvalue weighted by atomic mass is 19.2. The Kier molecular flexibility index (Phi) is 3.39. The van der Waals surface area contributed by atoms with Crippen LogP contribution in [0.1, 0.15) is 29.8 Å². The molecule has 2 heterocycles. The lowest BCUT2D eigenvalue weighted by atomic mass is 10.1. The highest BCUT2D eigenvalue weighted by molar-refractivity contribution is 5.97. The number of pyridine rings is 1. The van der Waals surface area contributed by atoms with Crippen molar-refractivity contribution in [1.29, 1.82) is 0 Å². The lowest BCUT2D eigenvalue weighted by Crippen LogP contribution is -2.35. The Balaban J connectivity index is 2.40. The van der Waals surface area contributed by atoms with Crippen LogP contribution in [0.3, 0.4) is 0 Å². The van der Waals surface area contributed by atoms with E-state index in [9.17, 15) is 23.2 Å². The summed E-state index contributed by atoms with van der Waals surface area (Å²) in [6.07, 6.45) is 1.12. The molecule has 0 aliphatic carbocycles. The summed E-state index contributed by atoms with van der Waals surface area (Å²) in [5.41, 5.74) is -1.12. The van der Waals surface area contributed by atoms with Gasteiger partial charge in [0.05, 0.1) is 24.1 Å². The molecule has 0 radical (unpaired) electrons. The third-order valence-electron chi connectivity index (χ3n) is 3.68. The van der Waals surface area contributed by atoms with Crippen molar-refractivity contribution in [2.24, 2.45) is 0 Å². The van der Waals surface area contributed by atoms with E-state index in [2.05, 4.69) is 0 Å². The Morgan fingerprint density at radius 1 is 1.35 bits per heavy atom. The van der Waals surface area contributed by atoms with E-state index in [1.54, 1.807) is 6.92 Å². The van der Waals surface area contributed by atoms with E-state index in [0.717, 1.165) is 17.3 Å². The molecule has 0 unspecified atom stereocenters. The number of hydrogen-bond donors (Lipinski definition) is 0. The lowest BCUT2D eigenvalue weighted by molar-refractivity contribution is -0.118. The molecular weight excluding hydrogens is 310 g/mol. The number of ether oxygens (including phenoxy) is 1.